The van der Waals surface area contributed by atoms with Crippen molar-refractivity contribution < 1.29 is 0 Å². The fraction of sp³-hybridized carbons (Fsp3) is 0.457. The fourth-order valence-electron chi connectivity index (χ4n) is 12.9. The zero-order valence-electron chi connectivity index (χ0n) is 48.2. The molecule has 0 radical (unpaired) electrons. The third-order valence-electron chi connectivity index (χ3n) is 17.3. The molecule has 0 unspecified atom stereocenters. The van der Waals surface area contributed by atoms with E-state index in [9.17, 15) is 0 Å². The number of fused-ring (bicyclic) bond motifs is 9. The van der Waals surface area contributed by atoms with Crippen molar-refractivity contribution in [1.29, 1.82) is 0 Å². The summed E-state index contributed by atoms with van der Waals surface area (Å²) in [7, 11) is 0. The van der Waals surface area contributed by atoms with E-state index in [2.05, 4.69) is 212 Å². The average Bonchev–Trinajstić information content (AvgIpc) is 4.46. The Kier molecular flexibility index (Phi) is 18.2. The average molecular weight is 1300 g/mol. The van der Waals surface area contributed by atoms with Gasteiger partial charge < -0.3 is 0 Å². The van der Waals surface area contributed by atoms with E-state index in [1.54, 1.807) is 47.5 Å². The minimum absolute atomic E-state index is 0.415. The molecule has 6 heteroatoms. The molecule has 0 N–H and O–H groups in total. The van der Waals surface area contributed by atoms with Crippen molar-refractivity contribution in [3.63, 3.8) is 0 Å². The van der Waals surface area contributed by atoms with Crippen LogP contribution in [0.25, 0.3) is 28.9 Å². The third-order valence-corrected chi connectivity index (χ3v) is 41.3. The van der Waals surface area contributed by atoms with Crippen LogP contribution in [-0.4, -0.2) is 36.8 Å². The first-order valence-corrected chi connectivity index (χ1v) is 53.3. The monoisotopic (exact) mass is 1300 g/mol. The number of hydrogen-bond acceptors (Lipinski definition) is 4. The summed E-state index contributed by atoms with van der Waals surface area (Å²) >= 11 is 3.57. The van der Waals surface area contributed by atoms with E-state index in [1.165, 1.54) is 157 Å². The van der Waals surface area contributed by atoms with Crippen LogP contribution in [0, 0.1) is 0 Å². The fourth-order valence-corrected chi connectivity index (χ4v) is 29.1. The summed E-state index contributed by atoms with van der Waals surface area (Å²) in [5.41, 5.74) is 17.1. The van der Waals surface area contributed by atoms with E-state index in [1.807, 2.05) is 0 Å². The van der Waals surface area contributed by atoms with Crippen molar-refractivity contribution in [2.24, 2.45) is 0 Å². The molecular formula is C70H88S4Sn2. The molecule has 0 aliphatic heterocycles. The van der Waals surface area contributed by atoms with E-state index in [0.717, 1.165) is 25.7 Å². The van der Waals surface area contributed by atoms with Crippen LogP contribution in [0.2, 0.25) is 29.6 Å². The van der Waals surface area contributed by atoms with Gasteiger partial charge in [-0.3, -0.25) is 0 Å². The van der Waals surface area contributed by atoms with Gasteiger partial charge in [0.15, 0.2) is 0 Å². The molecule has 400 valence electrons. The van der Waals surface area contributed by atoms with Gasteiger partial charge in [0.05, 0.1) is 0 Å². The maximum absolute atomic E-state index is 2.76. The Hall–Kier alpha value is -2.46. The van der Waals surface area contributed by atoms with Crippen LogP contribution >= 0.6 is 45.3 Å². The second kappa shape index (κ2) is 24.3. The van der Waals surface area contributed by atoms with Gasteiger partial charge in [-0.15, -0.1) is 0 Å². The maximum atomic E-state index is 2.76. The van der Waals surface area contributed by atoms with Gasteiger partial charge in [-0.05, 0) is 0 Å². The standard InChI is InChI=1S/C64H70S4.6CH3.2Sn/c1-5-9-13-17-21-45-25-33-49(34-26-45)63(50-35-27-46(28-36-50)22-18-14-10-6-2)53-41-43-65-57(53)59-55(63)61-62(67-59)56-60(68-61)58-54(42-44-66-58)64(56,51-37-29-47(30-38-51)23-19-15-11-7-3)52-39-31-48(32-40-52)24-20-16-12-8-4;;;;;;;;/h25-42H,5-24H2,1-4H3;6*1H3;;. The molecule has 0 saturated carbocycles. The van der Waals surface area contributed by atoms with Crippen molar-refractivity contribution in [3.8, 4) is 19.5 Å². The Labute approximate surface area is 484 Å². The molecule has 10 rings (SSSR count). The van der Waals surface area contributed by atoms with Crippen LogP contribution in [0.5, 0.6) is 0 Å². The molecule has 0 amide bonds. The second-order valence-electron chi connectivity index (χ2n) is 25.0. The van der Waals surface area contributed by atoms with Crippen LogP contribution in [0.15, 0.2) is 109 Å². The van der Waals surface area contributed by atoms with Crippen molar-refractivity contribution in [1.82, 2.24) is 0 Å². The van der Waals surface area contributed by atoms with Gasteiger partial charge in [0.2, 0.25) is 0 Å². The summed E-state index contributed by atoms with van der Waals surface area (Å²) in [5, 5.41) is 0. The van der Waals surface area contributed by atoms with Gasteiger partial charge in [0, 0.05) is 0 Å². The van der Waals surface area contributed by atoms with Crippen molar-refractivity contribution in [2.75, 3.05) is 0 Å². The predicted molar refractivity (Wildman–Crippen MR) is 347 cm³/mol. The number of unbranched alkanes of at least 4 members (excludes halogenated alkanes) is 12. The van der Waals surface area contributed by atoms with Crippen molar-refractivity contribution >= 4 is 97.3 Å². The van der Waals surface area contributed by atoms with Crippen LogP contribution in [0.1, 0.15) is 197 Å². The van der Waals surface area contributed by atoms with Gasteiger partial charge >= 0.3 is 436 Å². The first-order chi connectivity index (χ1) is 36.8. The van der Waals surface area contributed by atoms with Crippen LogP contribution in [0.3, 0.4) is 0 Å². The van der Waals surface area contributed by atoms with Crippen molar-refractivity contribution in [2.45, 2.75) is 197 Å². The first kappa shape index (κ1) is 56.8. The summed E-state index contributed by atoms with van der Waals surface area (Å²) in [6.07, 6.45) is 25.3. The third kappa shape index (κ3) is 10.8. The Morgan fingerprint density at radius 1 is 0.316 bits per heavy atom. The molecule has 4 aromatic carbocycles. The van der Waals surface area contributed by atoms with Gasteiger partial charge in [-0.1, -0.05) is 53.4 Å². The summed E-state index contributed by atoms with van der Waals surface area (Å²) in [6.45, 7) is 9.30. The number of rotatable bonds is 26. The summed E-state index contributed by atoms with van der Waals surface area (Å²) in [4.78, 5) is 22.0. The van der Waals surface area contributed by atoms with E-state index in [-0.39, 0.29) is 0 Å². The first-order valence-electron chi connectivity index (χ1n) is 30.1. The van der Waals surface area contributed by atoms with Gasteiger partial charge in [0.1, 0.15) is 0 Å². The molecule has 2 aliphatic carbocycles. The van der Waals surface area contributed by atoms with Crippen LogP contribution < -0.4 is 5.79 Å². The number of thiophene rings is 4. The molecular weight excluding hydrogens is 1210 g/mol. The zero-order valence-corrected chi connectivity index (χ0v) is 57.1. The van der Waals surface area contributed by atoms with Crippen LogP contribution in [-0.2, 0) is 36.5 Å². The minimum atomic E-state index is -2.56. The Balaban J connectivity index is 1.24. The van der Waals surface area contributed by atoms with Gasteiger partial charge in [0.25, 0.3) is 0 Å². The molecule has 0 atom stereocenters. The van der Waals surface area contributed by atoms with Gasteiger partial charge in [-0.2, -0.15) is 0 Å². The molecule has 0 fully saturated rings. The molecule has 2 aliphatic rings. The molecule has 8 aromatic rings. The molecule has 0 spiro atoms. The molecule has 0 saturated heterocycles. The van der Waals surface area contributed by atoms with Crippen molar-refractivity contribution in [3.05, 3.63) is 176 Å². The zero-order chi connectivity index (χ0) is 53.2. The predicted octanol–water partition coefficient (Wildman–Crippen LogP) is 21.4. The normalized spacial score (nSPS) is 14.4. The SMILES string of the molecule is CCCCCCc1ccc(C2(c3ccc(CCCCCC)cc3)c3c[c]([Sn]([CH3])([CH3])[CH3])sc3-c3sc4c5c(sc4c32)-c2s[c]([Sn]([CH3])([CH3])[CH3])cc2C5(c2ccc(CCCCCC)cc2)c2ccc(CCCCCC)cc2)cc1. The Morgan fingerprint density at radius 3 is 0.816 bits per heavy atom. The second-order valence-corrected chi connectivity index (χ2v) is 60.0. The molecule has 76 heavy (non-hydrogen) atoms. The van der Waals surface area contributed by atoms with E-state index < -0.39 is 47.6 Å². The molecule has 4 heterocycles. The Bertz CT molecular complexity index is 2870. The summed E-state index contributed by atoms with van der Waals surface area (Å²) in [6, 6.07) is 46.2. The molecule has 0 bridgehead atoms. The molecule has 4 aromatic heterocycles. The number of benzene rings is 4. The van der Waals surface area contributed by atoms with Crippen LogP contribution in [0.4, 0.5) is 0 Å². The number of hydrogen-bond donors (Lipinski definition) is 0. The topological polar surface area (TPSA) is 0 Å². The van der Waals surface area contributed by atoms with E-state index in [4.69, 9.17) is 0 Å². The van der Waals surface area contributed by atoms with E-state index >= 15 is 0 Å². The van der Waals surface area contributed by atoms with E-state index in [0.29, 0.717) is 0 Å². The summed E-state index contributed by atoms with van der Waals surface area (Å²) in [5.74, 6) is 0. The number of aryl methyl sites for hydroxylation is 4. The Morgan fingerprint density at radius 2 is 0.579 bits per heavy atom. The quantitative estimate of drug-likeness (QED) is 0.0374. The van der Waals surface area contributed by atoms with Gasteiger partial charge in [-0.25, -0.2) is 0 Å². The molecule has 0 nitrogen and oxygen atoms in total. The summed E-state index contributed by atoms with van der Waals surface area (Å²) < 4.78 is 6.45.